The fraction of sp³-hybridized carbons (Fsp3) is 0. The van der Waals surface area contributed by atoms with Gasteiger partial charge in [-0.25, -0.2) is 0 Å². The fourth-order valence-corrected chi connectivity index (χ4v) is 0. The molecule has 0 aromatic carbocycles. The summed E-state index contributed by atoms with van der Waals surface area (Å²) in [6.07, 6.45) is 0. The Bertz CT molecular complexity index is 15.5. The van der Waals surface area contributed by atoms with Crippen LogP contribution in [0.4, 0.5) is 0 Å². The minimum atomic E-state index is -2.17. The topological polar surface area (TPSA) is 60.7 Å². The molecule has 0 saturated heterocycles. The van der Waals surface area contributed by atoms with Crippen molar-refractivity contribution in [2.75, 3.05) is 0 Å². The van der Waals surface area contributed by atoms with Crippen LogP contribution in [0.5, 0.6) is 0 Å². The molecule has 0 aromatic heterocycles. The van der Waals surface area contributed by atoms with E-state index in [-0.39, 0.29) is 40.1 Å². The van der Waals surface area contributed by atoms with Gasteiger partial charge in [0.05, 0.1) is 0 Å². The van der Waals surface area contributed by atoms with Crippen molar-refractivity contribution in [3.8, 4) is 0 Å². The Morgan fingerprint density at radius 1 is 1.00 bits per heavy atom. The number of rotatable bonds is 0. The average molecular weight is 144 g/mol. The Morgan fingerprint density at radius 2 is 1.00 bits per heavy atom. The molecule has 0 heterocycles. The summed E-state index contributed by atoms with van der Waals surface area (Å²) in [5.74, 6) is 0. The average Bonchev–Trinajstić information content (AvgIpc) is 0.811. The number of hydrogen-bond donors (Lipinski definition) is 3. The van der Waals surface area contributed by atoms with Gasteiger partial charge in [0.25, 0.3) is 0 Å². The summed E-state index contributed by atoms with van der Waals surface area (Å²) >= 11 is 0. The molecular weight excluding hydrogens is 139 g/mol. The third kappa shape index (κ3) is 61.8. The first-order valence-electron chi connectivity index (χ1n) is 0.775. The molecule has 0 radical (unpaired) electrons. The van der Waals surface area contributed by atoms with Crippen molar-refractivity contribution < 1.29 is 32.1 Å². The normalized spacial score (nSPS) is 4.50. The molecule has 6 heteroatoms. The molecule has 0 fully saturated rings. The van der Waals surface area contributed by atoms with Crippen molar-refractivity contribution in [3.63, 3.8) is 0 Å². The van der Waals surface area contributed by atoms with Crippen molar-refractivity contribution >= 4 is 30.4 Å². The molecule has 0 atom stereocenters. The first-order chi connectivity index (χ1) is 1.73. The second kappa shape index (κ2) is 9.52. The van der Waals surface area contributed by atoms with Gasteiger partial charge >= 0.3 is 30.4 Å². The molecular formula is H5BFeMgO3. The van der Waals surface area contributed by atoms with Gasteiger partial charge in [0, 0.05) is 17.1 Å². The van der Waals surface area contributed by atoms with E-state index in [1.54, 1.807) is 0 Å². The zero-order valence-electron chi connectivity index (χ0n) is 2.27. The van der Waals surface area contributed by atoms with Crippen LogP contribution in [-0.4, -0.2) is 45.4 Å². The third-order valence-electron chi connectivity index (χ3n) is 0. The third-order valence-corrected chi connectivity index (χ3v) is 0. The van der Waals surface area contributed by atoms with Crippen molar-refractivity contribution in [2.45, 2.75) is 0 Å². The standard InChI is InChI=1S/BH3O3.Fe.Mg.2H/c2-1(3)4;;;;/h2-4H;;;;. The number of hydrogen-bond acceptors (Lipinski definition) is 3. The van der Waals surface area contributed by atoms with Gasteiger partial charge in [-0.1, -0.05) is 0 Å². The van der Waals surface area contributed by atoms with Gasteiger partial charge in [-0.05, 0) is 0 Å². The molecule has 0 aliphatic rings. The first kappa shape index (κ1) is 15.7. The van der Waals surface area contributed by atoms with Crippen molar-refractivity contribution in [3.05, 3.63) is 0 Å². The van der Waals surface area contributed by atoms with E-state index in [1.165, 1.54) is 0 Å². The van der Waals surface area contributed by atoms with Gasteiger partial charge in [-0.3, -0.25) is 0 Å². The molecule has 0 bridgehead atoms. The predicted molar refractivity (Wildman–Crippen MR) is 21.0 cm³/mol. The van der Waals surface area contributed by atoms with Gasteiger partial charge < -0.3 is 15.1 Å². The van der Waals surface area contributed by atoms with Gasteiger partial charge in [0.2, 0.25) is 0 Å². The van der Waals surface area contributed by atoms with E-state index in [2.05, 4.69) is 0 Å². The quantitative estimate of drug-likeness (QED) is 0.318. The second-order valence-corrected chi connectivity index (χ2v) is 0.346. The van der Waals surface area contributed by atoms with Crippen LogP contribution in [0.25, 0.3) is 0 Å². The minimum Gasteiger partial charge on any atom is -0.402 e. The van der Waals surface area contributed by atoms with Gasteiger partial charge in [0.15, 0.2) is 0 Å². The molecule has 3 N–H and O–H groups in total. The molecule has 0 rings (SSSR count). The second-order valence-electron chi connectivity index (χ2n) is 0.346. The molecule has 0 amide bonds. The molecule has 6 heavy (non-hydrogen) atoms. The van der Waals surface area contributed by atoms with E-state index < -0.39 is 7.32 Å². The van der Waals surface area contributed by atoms with Crippen molar-refractivity contribution in [1.29, 1.82) is 0 Å². The maximum Gasteiger partial charge on any atom is 0.631 e. The molecule has 0 aliphatic heterocycles. The largest absolute Gasteiger partial charge is 0.631 e. The van der Waals surface area contributed by atoms with Crippen LogP contribution in [-0.2, 0) is 17.1 Å². The Kier molecular flexibility index (Phi) is 24.9. The molecule has 0 unspecified atom stereocenters. The van der Waals surface area contributed by atoms with Crippen LogP contribution in [0.1, 0.15) is 0 Å². The van der Waals surface area contributed by atoms with Crippen LogP contribution >= 0.6 is 0 Å². The summed E-state index contributed by atoms with van der Waals surface area (Å²) in [7, 11) is -2.17. The Hall–Kier alpha value is 1.23. The van der Waals surface area contributed by atoms with Crippen molar-refractivity contribution in [1.82, 2.24) is 0 Å². The SMILES string of the molecule is OB(O)O.[Fe].[MgH2]. The Morgan fingerprint density at radius 3 is 1.00 bits per heavy atom. The van der Waals surface area contributed by atoms with Gasteiger partial charge in [0.1, 0.15) is 0 Å². The van der Waals surface area contributed by atoms with Crippen LogP contribution in [0, 0.1) is 0 Å². The summed E-state index contributed by atoms with van der Waals surface area (Å²) in [5, 5.41) is 21.5. The summed E-state index contributed by atoms with van der Waals surface area (Å²) in [6, 6.07) is 0. The monoisotopic (exact) mass is 144 g/mol. The molecule has 3 nitrogen and oxygen atoms in total. The first-order valence-corrected chi connectivity index (χ1v) is 0.775. The van der Waals surface area contributed by atoms with E-state index in [0.29, 0.717) is 0 Å². The van der Waals surface area contributed by atoms with Crippen LogP contribution < -0.4 is 0 Å². The molecule has 0 spiro atoms. The van der Waals surface area contributed by atoms with Crippen LogP contribution in [0.2, 0.25) is 0 Å². The van der Waals surface area contributed by atoms with Gasteiger partial charge in [-0.2, -0.15) is 0 Å². The van der Waals surface area contributed by atoms with Crippen LogP contribution in [0.3, 0.4) is 0 Å². The molecule has 0 aromatic rings. The van der Waals surface area contributed by atoms with E-state index in [9.17, 15) is 0 Å². The summed E-state index contributed by atoms with van der Waals surface area (Å²) in [4.78, 5) is 0. The summed E-state index contributed by atoms with van der Waals surface area (Å²) < 4.78 is 0. The Labute approximate surface area is 62.6 Å². The summed E-state index contributed by atoms with van der Waals surface area (Å²) in [5.41, 5.74) is 0. The van der Waals surface area contributed by atoms with E-state index >= 15 is 0 Å². The zero-order chi connectivity index (χ0) is 3.58. The van der Waals surface area contributed by atoms with E-state index in [4.69, 9.17) is 15.1 Å². The van der Waals surface area contributed by atoms with Gasteiger partial charge in [-0.15, -0.1) is 0 Å². The van der Waals surface area contributed by atoms with E-state index in [1.807, 2.05) is 0 Å². The van der Waals surface area contributed by atoms with Crippen molar-refractivity contribution in [2.24, 2.45) is 0 Å². The molecule has 0 aliphatic carbocycles. The summed E-state index contributed by atoms with van der Waals surface area (Å²) in [6.45, 7) is 0. The van der Waals surface area contributed by atoms with Crippen LogP contribution in [0.15, 0.2) is 0 Å². The minimum absolute atomic E-state index is 0. The molecule has 0 saturated carbocycles. The Balaban J connectivity index is -0.0000000450. The smallest absolute Gasteiger partial charge is 0.402 e. The molecule has 36 valence electrons. The predicted octanol–water partition coefficient (Wildman–Crippen LogP) is -2.97. The fourth-order valence-electron chi connectivity index (χ4n) is 0. The maximum absolute atomic E-state index is 7.17. The zero-order valence-corrected chi connectivity index (χ0v) is 3.38. The van der Waals surface area contributed by atoms with E-state index in [0.717, 1.165) is 0 Å². The maximum atomic E-state index is 7.17.